The highest BCUT2D eigenvalue weighted by Gasteiger charge is 2.44. The summed E-state index contributed by atoms with van der Waals surface area (Å²) in [5.41, 5.74) is 3.21. The number of nitrogens with zero attached hydrogens (tertiary/aromatic N) is 1. The number of carbonyl (C=O) groups excluding carboxylic acids is 2. The van der Waals surface area contributed by atoms with Crippen LogP contribution in [0.4, 0.5) is 5.69 Å². The molecule has 0 saturated heterocycles. The molecule has 2 bridgehead atoms. The summed E-state index contributed by atoms with van der Waals surface area (Å²) in [5.74, 6) is -0.0625. The highest BCUT2D eigenvalue weighted by molar-refractivity contribution is 7.90. The molecule has 1 saturated carbocycles. The third kappa shape index (κ3) is 7.80. The lowest BCUT2D eigenvalue weighted by atomic mass is 9.68. The number of methoxy groups -OCH3 is 1. The molecule has 4 aliphatic rings. The summed E-state index contributed by atoms with van der Waals surface area (Å²) in [6.07, 6.45) is 8.95. The van der Waals surface area contributed by atoms with Gasteiger partial charge in [0.1, 0.15) is 12.4 Å². The Morgan fingerprint density at radius 2 is 2.02 bits per heavy atom. The van der Waals surface area contributed by atoms with Crippen LogP contribution >= 0.6 is 11.6 Å². The predicted molar refractivity (Wildman–Crippen MR) is 190 cm³/mol. The van der Waals surface area contributed by atoms with Gasteiger partial charge in [-0.05, 0) is 105 Å². The van der Waals surface area contributed by atoms with Gasteiger partial charge in [-0.15, -0.1) is 0 Å². The number of hydrogen-bond acceptors (Lipinski definition) is 8. The largest absolute Gasteiger partial charge is 0.490 e. The summed E-state index contributed by atoms with van der Waals surface area (Å²) < 4.78 is 47.1. The van der Waals surface area contributed by atoms with E-state index in [9.17, 15) is 18.0 Å². The van der Waals surface area contributed by atoms with Crippen LogP contribution in [0.5, 0.6) is 5.75 Å². The number of ether oxygens (including phenoxy) is 3. The number of fused-ring (bicyclic) bond motifs is 4. The van der Waals surface area contributed by atoms with E-state index in [1.807, 2.05) is 25.1 Å². The number of aryl methyl sites for hydroxylation is 1. The average molecular weight is 714 g/mol. The van der Waals surface area contributed by atoms with Gasteiger partial charge in [-0.1, -0.05) is 36.7 Å². The van der Waals surface area contributed by atoms with Gasteiger partial charge in [-0.25, -0.2) is 13.1 Å². The van der Waals surface area contributed by atoms with E-state index in [0.717, 1.165) is 42.8 Å². The van der Waals surface area contributed by atoms with Crippen LogP contribution in [0.2, 0.25) is 5.02 Å². The van der Waals surface area contributed by atoms with Crippen LogP contribution in [0.15, 0.2) is 48.6 Å². The Hall–Kier alpha value is -3.12. The minimum atomic E-state index is -3.97. The van der Waals surface area contributed by atoms with Gasteiger partial charge in [0.2, 0.25) is 15.9 Å². The van der Waals surface area contributed by atoms with Crippen molar-refractivity contribution in [1.29, 1.82) is 0 Å². The molecule has 2 heterocycles. The molecule has 0 aromatic heterocycles. The Balaban J connectivity index is 1.37. The second kappa shape index (κ2) is 15.0. The lowest BCUT2D eigenvalue weighted by Crippen LogP contribution is -2.50. The molecule has 1 spiro atoms. The summed E-state index contributed by atoms with van der Waals surface area (Å²) in [7, 11) is -2.39. The van der Waals surface area contributed by atoms with Gasteiger partial charge in [0.25, 0.3) is 5.91 Å². The van der Waals surface area contributed by atoms with Crippen molar-refractivity contribution < 1.29 is 32.2 Å². The summed E-state index contributed by atoms with van der Waals surface area (Å²) in [6, 6.07) is 11.4. The molecule has 10 nitrogen and oxygen atoms in total. The monoisotopic (exact) mass is 713 g/mol. The first-order valence-electron chi connectivity index (χ1n) is 17.4. The van der Waals surface area contributed by atoms with Gasteiger partial charge in [0.15, 0.2) is 0 Å². The maximum atomic E-state index is 13.5. The molecule has 2 aliphatic carbocycles. The van der Waals surface area contributed by atoms with Gasteiger partial charge < -0.3 is 24.4 Å². The molecule has 266 valence electrons. The van der Waals surface area contributed by atoms with E-state index in [1.165, 1.54) is 11.1 Å². The van der Waals surface area contributed by atoms with E-state index in [-0.39, 0.29) is 47.4 Å². The molecular weight excluding hydrogens is 666 g/mol. The van der Waals surface area contributed by atoms with Crippen molar-refractivity contribution in [2.24, 2.45) is 17.8 Å². The summed E-state index contributed by atoms with van der Waals surface area (Å²) in [6.45, 7) is 6.05. The Morgan fingerprint density at radius 1 is 1.18 bits per heavy atom. The third-order valence-corrected chi connectivity index (χ3v) is 13.2. The predicted octanol–water partition coefficient (Wildman–Crippen LogP) is 5.03. The molecule has 2 aliphatic heterocycles. The van der Waals surface area contributed by atoms with Crippen LogP contribution in [0.1, 0.15) is 67.4 Å². The van der Waals surface area contributed by atoms with Gasteiger partial charge in [0, 0.05) is 42.7 Å². The van der Waals surface area contributed by atoms with Gasteiger partial charge in [-0.2, -0.15) is 0 Å². The fraction of sp³-hybridized carbons (Fsp3) is 0.568. The number of rotatable bonds is 6. The van der Waals surface area contributed by atoms with E-state index in [2.05, 4.69) is 27.1 Å². The van der Waals surface area contributed by atoms with Gasteiger partial charge in [0.05, 0.1) is 30.3 Å². The number of allylic oxidation sites excluding steroid dienone is 1. The maximum Gasteiger partial charge on any atom is 0.264 e. The topological polar surface area (TPSA) is 123 Å². The molecule has 49 heavy (non-hydrogen) atoms. The lowest BCUT2D eigenvalue weighted by Gasteiger charge is -2.46. The minimum absolute atomic E-state index is 0.0828. The van der Waals surface area contributed by atoms with E-state index in [1.54, 1.807) is 32.2 Å². The molecule has 6 rings (SSSR count). The number of hydrogen-bond donors (Lipinski definition) is 2. The lowest BCUT2D eigenvalue weighted by molar-refractivity contribution is -0.129. The van der Waals surface area contributed by atoms with Crippen molar-refractivity contribution in [1.82, 2.24) is 10.0 Å². The van der Waals surface area contributed by atoms with Crippen molar-refractivity contribution >= 4 is 39.1 Å². The molecule has 2 aromatic rings. The maximum absolute atomic E-state index is 13.5. The van der Waals surface area contributed by atoms with E-state index in [4.69, 9.17) is 25.8 Å². The zero-order valence-corrected chi connectivity index (χ0v) is 30.2. The van der Waals surface area contributed by atoms with E-state index >= 15 is 0 Å². The van der Waals surface area contributed by atoms with Gasteiger partial charge in [-0.3, -0.25) is 9.59 Å². The minimum Gasteiger partial charge on any atom is -0.490 e. The standard InChI is InChI=1S/C37H48ClN3O7S/c1-24-6-4-8-33(47-21-35(42)39-16-17-46-3)30-12-9-28(30)20-41-22-37(15-5-7-26-18-29(38)11-13-31(26)37)23-48-34-14-10-27(19-32(34)41)36(43)40-49(44,45)25(24)2/h4,8,10-11,13-14,18-19,24-25,28,30,33H,5-7,9,12,15-17,20-23H2,1-3H3,(H,39,42)(H,40,43)/b8-4-/t24-,25+,28-,30+,33-,37-/m0/s1. The number of amides is 2. The molecule has 2 N–H and O–H groups in total. The van der Waals surface area contributed by atoms with Crippen LogP contribution < -0.4 is 19.7 Å². The van der Waals surface area contributed by atoms with Gasteiger partial charge >= 0.3 is 0 Å². The SMILES string of the molecule is COCCNC(=O)CO[C@H]1/C=C\C[C@H](C)[C@@H](C)S(=O)(=O)NC(=O)c2ccc3c(c2)N(C[C@@H]2CC[C@H]21)C[C@@]1(CCCc2cc(Cl)ccc21)CO3. The first kappa shape index (κ1) is 35.7. The fourth-order valence-electron chi connectivity index (χ4n) is 7.84. The molecule has 0 unspecified atom stereocenters. The summed E-state index contributed by atoms with van der Waals surface area (Å²) in [5, 5.41) is 2.73. The van der Waals surface area contributed by atoms with Crippen molar-refractivity contribution in [2.75, 3.05) is 51.5 Å². The Kier molecular flexibility index (Phi) is 10.9. The van der Waals surface area contributed by atoms with E-state index in [0.29, 0.717) is 45.0 Å². The zero-order valence-electron chi connectivity index (χ0n) is 28.6. The normalized spacial score (nSPS) is 30.1. The highest BCUT2D eigenvalue weighted by atomic mass is 35.5. The highest BCUT2D eigenvalue weighted by Crippen LogP contribution is 2.47. The van der Waals surface area contributed by atoms with Crippen LogP contribution in [0, 0.1) is 17.8 Å². The first-order chi connectivity index (χ1) is 23.5. The molecule has 12 heteroatoms. The third-order valence-electron chi connectivity index (χ3n) is 11.0. The average Bonchev–Trinajstić information content (AvgIpc) is 3.21. The first-order valence-corrected chi connectivity index (χ1v) is 19.3. The Bertz CT molecular complexity index is 1680. The molecule has 1 fully saturated rings. The molecule has 2 aromatic carbocycles. The molecular formula is C37H48ClN3O7S. The molecule has 6 atom stereocenters. The van der Waals surface area contributed by atoms with Crippen LogP contribution in [-0.4, -0.2) is 78.2 Å². The van der Waals surface area contributed by atoms with Crippen LogP contribution in [0.3, 0.4) is 0 Å². The van der Waals surface area contributed by atoms with E-state index < -0.39 is 21.2 Å². The van der Waals surface area contributed by atoms with Crippen LogP contribution in [0.25, 0.3) is 0 Å². The van der Waals surface area contributed by atoms with Crippen molar-refractivity contribution in [3.63, 3.8) is 0 Å². The summed E-state index contributed by atoms with van der Waals surface area (Å²) >= 11 is 6.44. The molecule has 2 amide bonds. The smallest absolute Gasteiger partial charge is 0.264 e. The number of benzene rings is 2. The second-order valence-corrected chi connectivity index (χ2v) is 16.7. The fourth-order valence-corrected chi connectivity index (χ4v) is 9.32. The number of nitrogens with one attached hydrogen (secondary N) is 2. The molecule has 0 radical (unpaired) electrons. The van der Waals surface area contributed by atoms with Crippen LogP contribution in [-0.2, 0) is 36.1 Å². The zero-order chi connectivity index (χ0) is 34.8. The number of anilines is 1. The van der Waals surface area contributed by atoms with Crippen molar-refractivity contribution in [3.05, 3.63) is 70.3 Å². The number of halogens is 1. The second-order valence-electron chi connectivity index (χ2n) is 14.2. The summed E-state index contributed by atoms with van der Waals surface area (Å²) in [4.78, 5) is 28.4. The number of sulfonamides is 1. The Morgan fingerprint density at radius 3 is 2.80 bits per heavy atom. The van der Waals surface area contributed by atoms with Crippen molar-refractivity contribution in [3.8, 4) is 5.75 Å². The van der Waals surface area contributed by atoms with Crippen molar-refractivity contribution in [2.45, 2.75) is 69.1 Å². The quantitative estimate of drug-likeness (QED) is 0.316. The number of carbonyl (C=O) groups is 2. The Labute approximate surface area is 294 Å².